The lowest BCUT2D eigenvalue weighted by atomic mass is 10.2. The minimum atomic E-state index is -1.07. The van der Waals surface area contributed by atoms with Gasteiger partial charge in [0.15, 0.2) is 0 Å². The lowest BCUT2D eigenvalue weighted by Gasteiger charge is -2.05. The van der Waals surface area contributed by atoms with Gasteiger partial charge in [0.25, 0.3) is 0 Å². The first-order valence-corrected chi connectivity index (χ1v) is 6.27. The zero-order chi connectivity index (χ0) is 15.0. The van der Waals surface area contributed by atoms with Gasteiger partial charge in [-0.1, -0.05) is 22.9 Å². The Morgan fingerprint density at radius 1 is 1.33 bits per heavy atom. The summed E-state index contributed by atoms with van der Waals surface area (Å²) < 4.78 is 1.45. The molecule has 3 aromatic rings. The lowest BCUT2D eigenvalue weighted by molar-refractivity contribution is 0.0699. The maximum absolute atomic E-state index is 11.2. The SMILES string of the molecule is N#Cc1ccc(-n2nnc3c(C(=O)O)cccc32)c(Cl)c1. The van der Waals surface area contributed by atoms with Crippen LogP contribution in [0.3, 0.4) is 0 Å². The summed E-state index contributed by atoms with van der Waals surface area (Å²) >= 11 is 6.15. The van der Waals surface area contributed by atoms with E-state index in [-0.39, 0.29) is 11.1 Å². The van der Waals surface area contributed by atoms with Gasteiger partial charge in [-0.05, 0) is 30.3 Å². The van der Waals surface area contributed by atoms with Crippen molar-refractivity contribution < 1.29 is 9.90 Å². The Bertz CT molecular complexity index is 911. The van der Waals surface area contributed by atoms with Crippen LogP contribution in [0.4, 0.5) is 0 Å². The molecule has 2 aromatic carbocycles. The Balaban J connectivity index is 2.25. The van der Waals surface area contributed by atoms with Crippen LogP contribution < -0.4 is 0 Å². The highest BCUT2D eigenvalue weighted by molar-refractivity contribution is 6.32. The average molecular weight is 299 g/mol. The predicted octanol–water partition coefficient (Wildman–Crippen LogP) is 2.64. The van der Waals surface area contributed by atoms with E-state index in [1.54, 1.807) is 24.3 Å². The monoisotopic (exact) mass is 298 g/mol. The van der Waals surface area contributed by atoms with E-state index in [9.17, 15) is 4.79 Å². The maximum Gasteiger partial charge on any atom is 0.338 e. The molecular formula is C14H7ClN4O2. The molecule has 102 valence electrons. The standard InChI is InChI=1S/C14H7ClN4O2/c15-10-6-8(7-16)4-5-11(10)19-12-3-1-2-9(14(20)21)13(12)17-18-19/h1-6H,(H,20,21). The fraction of sp³-hybridized carbons (Fsp3) is 0. The first-order valence-electron chi connectivity index (χ1n) is 5.89. The summed E-state index contributed by atoms with van der Waals surface area (Å²) in [6.07, 6.45) is 0. The molecule has 3 rings (SSSR count). The molecule has 1 N–H and O–H groups in total. The quantitative estimate of drug-likeness (QED) is 0.785. The van der Waals surface area contributed by atoms with Gasteiger partial charge >= 0.3 is 5.97 Å². The number of nitrogens with zero attached hydrogens (tertiary/aromatic N) is 4. The fourth-order valence-electron chi connectivity index (χ4n) is 2.04. The fourth-order valence-corrected chi connectivity index (χ4v) is 2.30. The van der Waals surface area contributed by atoms with Crippen molar-refractivity contribution >= 4 is 28.6 Å². The lowest BCUT2D eigenvalue weighted by Crippen LogP contribution is -1.99. The van der Waals surface area contributed by atoms with Gasteiger partial charge < -0.3 is 5.11 Å². The molecule has 0 aliphatic heterocycles. The summed E-state index contributed by atoms with van der Waals surface area (Å²) in [4.78, 5) is 11.2. The van der Waals surface area contributed by atoms with Crippen molar-refractivity contribution in [1.82, 2.24) is 15.0 Å². The van der Waals surface area contributed by atoms with Crippen LogP contribution >= 0.6 is 11.6 Å². The second-order valence-electron chi connectivity index (χ2n) is 4.26. The molecule has 0 aliphatic rings. The summed E-state index contributed by atoms with van der Waals surface area (Å²) in [5.41, 5.74) is 1.84. The van der Waals surface area contributed by atoms with Crippen molar-refractivity contribution in [3.05, 3.63) is 52.5 Å². The molecule has 0 atom stereocenters. The van der Waals surface area contributed by atoms with Crippen molar-refractivity contribution in [3.63, 3.8) is 0 Å². The third kappa shape index (κ3) is 2.10. The van der Waals surface area contributed by atoms with Crippen molar-refractivity contribution in [2.45, 2.75) is 0 Å². The van der Waals surface area contributed by atoms with Crippen molar-refractivity contribution in [2.75, 3.05) is 0 Å². The number of fused-ring (bicyclic) bond motifs is 1. The van der Waals surface area contributed by atoms with E-state index in [1.807, 2.05) is 6.07 Å². The smallest absolute Gasteiger partial charge is 0.338 e. The van der Waals surface area contributed by atoms with E-state index in [4.69, 9.17) is 22.0 Å². The van der Waals surface area contributed by atoms with E-state index in [0.29, 0.717) is 21.8 Å². The molecular weight excluding hydrogens is 292 g/mol. The summed E-state index contributed by atoms with van der Waals surface area (Å²) in [5.74, 6) is -1.07. The molecule has 0 saturated heterocycles. The Hall–Kier alpha value is -2.91. The highest BCUT2D eigenvalue weighted by Gasteiger charge is 2.15. The average Bonchev–Trinajstić information content (AvgIpc) is 2.90. The van der Waals surface area contributed by atoms with Crippen LogP contribution in [0.1, 0.15) is 15.9 Å². The summed E-state index contributed by atoms with van der Waals surface area (Å²) in [6.45, 7) is 0. The number of halogens is 1. The Labute approximate surface area is 123 Å². The third-order valence-corrected chi connectivity index (χ3v) is 3.32. The van der Waals surface area contributed by atoms with Gasteiger partial charge in [-0.25, -0.2) is 9.48 Å². The molecule has 0 saturated carbocycles. The number of hydrogen-bond donors (Lipinski definition) is 1. The van der Waals surface area contributed by atoms with Gasteiger partial charge in [0.1, 0.15) is 5.52 Å². The Morgan fingerprint density at radius 3 is 2.81 bits per heavy atom. The van der Waals surface area contributed by atoms with Gasteiger partial charge in [-0.15, -0.1) is 5.10 Å². The van der Waals surface area contributed by atoms with Gasteiger partial charge in [0.05, 0.1) is 33.4 Å². The molecule has 0 bridgehead atoms. The minimum Gasteiger partial charge on any atom is -0.478 e. The first-order chi connectivity index (χ1) is 10.1. The Kier molecular flexibility index (Phi) is 3.05. The number of hydrogen-bond acceptors (Lipinski definition) is 4. The van der Waals surface area contributed by atoms with Gasteiger partial charge in [0, 0.05) is 0 Å². The molecule has 0 unspecified atom stereocenters. The van der Waals surface area contributed by atoms with E-state index in [2.05, 4.69) is 10.3 Å². The first kappa shape index (κ1) is 13.1. The molecule has 0 spiro atoms. The highest BCUT2D eigenvalue weighted by Crippen LogP contribution is 2.25. The topological polar surface area (TPSA) is 91.8 Å². The minimum absolute atomic E-state index is 0.0727. The molecule has 1 aromatic heterocycles. The van der Waals surface area contributed by atoms with E-state index in [1.165, 1.54) is 16.8 Å². The second-order valence-corrected chi connectivity index (χ2v) is 4.66. The largest absolute Gasteiger partial charge is 0.478 e. The maximum atomic E-state index is 11.2. The second kappa shape index (κ2) is 4.89. The van der Waals surface area contributed by atoms with E-state index >= 15 is 0 Å². The summed E-state index contributed by atoms with van der Waals surface area (Å²) in [7, 11) is 0. The molecule has 0 amide bonds. The number of carbonyl (C=O) groups is 1. The zero-order valence-electron chi connectivity index (χ0n) is 10.5. The van der Waals surface area contributed by atoms with Crippen LogP contribution in [-0.4, -0.2) is 26.1 Å². The van der Waals surface area contributed by atoms with Crippen LogP contribution in [0, 0.1) is 11.3 Å². The third-order valence-electron chi connectivity index (χ3n) is 3.01. The van der Waals surface area contributed by atoms with Crippen LogP contribution in [0.5, 0.6) is 0 Å². The van der Waals surface area contributed by atoms with Crippen molar-refractivity contribution in [2.24, 2.45) is 0 Å². The normalized spacial score (nSPS) is 10.5. The number of rotatable bonds is 2. The van der Waals surface area contributed by atoms with Crippen molar-refractivity contribution in [1.29, 1.82) is 5.26 Å². The van der Waals surface area contributed by atoms with Crippen LogP contribution in [0.15, 0.2) is 36.4 Å². The van der Waals surface area contributed by atoms with E-state index < -0.39 is 5.97 Å². The predicted molar refractivity (Wildman–Crippen MR) is 75.5 cm³/mol. The van der Waals surface area contributed by atoms with Crippen LogP contribution in [0.2, 0.25) is 5.02 Å². The molecule has 21 heavy (non-hydrogen) atoms. The van der Waals surface area contributed by atoms with Gasteiger partial charge in [-0.3, -0.25) is 0 Å². The summed E-state index contributed by atoms with van der Waals surface area (Å²) in [6, 6.07) is 11.5. The number of carboxylic acid groups (broad SMARTS) is 1. The molecule has 0 radical (unpaired) electrons. The Morgan fingerprint density at radius 2 is 2.14 bits per heavy atom. The number of benzene rings is 2. The molecule has 0 fully saturated rings. The molecule has 7 heteroatoms. The number of aromatic carboxylic acids is 1. The number of carboxylic acids is 1. The molecule has 1 heterocycles. The number of nitriles is 1. The van der Waals surface area contributed by atoms with Crippen molar-refractivity contribution in [3.8, 4) is 11.8 Å². The summed E-state index contributed by atoms with van der Waals surface area (Å²) in [5, 5.41) is 26.2. The molecule has 6 nitrogen and oxygen atoms in total. The highest BCUT2D eigenvalue weighted by atomic mass is 35.5. The van der Waals surface area contributed by atoms with Gasteiger partial charge in [-0.2, -0.15) is 5.26 Å². The van der Waals surface area contributed by atoms with Crippen LogP contribution in [-0.2, 0) is 0 Å². The van der Waals surface area contributed by atoms with E-state index in [0.717, 1.165) is 0 Å². The molecule has 0 aliphatic carbocycles. The zero-order valence-corrected chi connectivity index (χ0v) is 11.2. The number of aromatic nitrogens is 3. The van der Waals surface area contributed by atoms with Crippen LogP contribution in [0.25, 0.3) is 16.7 Å². The van der Waals surface area contributed by atoms with Gasteiger partial charge in [0.2, 0.25) is 0 Å².